The van der Waals surface area contributed by atoms with Crippen LogP contribution in [0.2, 0.25) is 0 Å². The summed E-state index contributed by atoms with van der Waals surface area (Å²) in [5, 5.41) is 0. The summed E-state index contributed by atoms with van der Waals surface area (Å²) in [6, 6.07) is 10.4. The van der Waals surface area contributed by atoms with Crippen LogP contribution >= 0.6 is 0 Å². The number of hydrazine groups is 1. The highest BCUT2D eigenvalue weighted by atomic mass is 19.1. The lowest BCUT2D eigenvalue weighted by molar-refractivity contribution is 0.485. The van der Waals surface area contributed by atoms with E-state index in [1.165, 1.54) is 6.07 Å². The zero-order chi connectivity index (χ0) is 12.8. The molecule has 2 rings (SSSR count). The number of rotatable bonds is 5. The van der Waals surface area contributed by atoms with Gasteiger partial charge in [-0.25, -0.2) is 4.39 Å². The molecule has 0 radical (unpaired) electrons. The smallest absolute Gasteiger partial charge is 0.128 e. The molecule has 18 heavy (non-hydrogen) atoms. The maximum atomic E-state index is 13.6. The molecule has 1 aromatic carbocycles. The topological polar surface area (TPSA) is 50.9 Å². The molecule has 0 aliphatic rings. The molecule has 1 heterocycles. The monoisotopic (exact) mass is 245 g/mol. The van der Waals surface area contributed by atoms with Crippen molar-refractivity contribution in [2.45, 2.75) is 18.9 Å². The molecule has 1 unspecified atom stereocenters. The van der Waals surface area contributed by atoms with Crippen molar-refractivity contribution >= 4 is 0 Å². The molecule has 0 fully saturated rings. The molecule has 0 aliphatic heterocycles. The van der Waals surface area contributed by atoms with E-state index < -0.39 is 0 Å². The van der Waals surface area contributed by atoms with Gasteiger partial charge in [-0.15, -0.1) is 0 Å². The Morgan fingerprint density at radius 2 is 2.06 bits per heavy atom. The molecular formula is C14H16FN3. The fourth-order valence-electron chi connectivity index (χ4n) is 1.94. The Morgan fingerprint density at radius 3 is 2.72 bits per heavy atom. The van der Waals surface area contributed by atoms with E-state index in [1.807, 2.05) is 24.4 Å². The lowest BCUT2D eigenvalue weighted by atomic mass is 10.00. The molecule has 94 valence electrons. The van der Waals surface area contributed by atoms with Crippen LogP contribution in [0.4, 0.5) is 4.39 Å². The molecule has 0 saturated carbocycles. The van der Waals surface area contributed by atoms with E-state index in [0.717, 1.165) is 18.4 Å². The average Bonchev–Trinajstić information content (AvgIpc) is 2.42. The van der Waals surface area contributed by atoms with E-state index in [1.54, 1.807) is 18.3 Å². The minimum Gasteiger partial charge on any atom is -0.271 e. The molecular weight excluding hydrogens is 229 g/mol. The van der Waals surface area contributed by atoms with Gasteiger partial charge in [-0.05, 0) is 30.5 Å². The molecule has 0 aliphatic carbocycles. The summed E-state index contributed by atoms with van der Waals surface area (Å²) in [5.41, 5.74) is 4.39. The summed E-state index contributed by atoms with van der Waals surface area (Å²) in [6.45, 7) is 0. The van der Waals surface area contributed by atoms with Gasteiger partial charge in [-0.3, -0.25) is 16.3 Å². The second-order valence-electron chi connectivity index (χ2n) is 4.14. The van der Waals surface area contributed by atoms with Gasteiger partial charge in [0.1, 0.15) is 5.82 Å². The van der Waals surface area contributed by atoms with Crippen LogP contribution in [-0.4, -0.2) is 4.98 Å². The summed E-state index contributed by atoms with van der Waals surface area (Å²) in [5.74, 6) is 5.28. The standard InChI is InChI=1S/C14H16FN3/c15-13-6-2-1-5-12(13)14(18-16)8-7-11-4-3-9-17-10-11/h1-6,9-10,14,18H,7-8,16H2. The summed E-state index contributed by atoms with van der Waals surface area (Å²) in [4.78, 5) is 4.05. The SMILES string of the molecule is NNC(CCc1cccnc1)c1ccccc1F. The van der Waals surface area contributed by atoms with Crippen molar-refractivity contribution in [2.75, 3.05) is 0 Å². The van der Waals surface area contributed by atoms with Crippen LogP contribution in [0.5, 0.6) is 0 Å². The van der Waals surface area contributed by atoms with Crippen molar-refractivity contribution in [3.8, 4) is 0 Å². The highest BCUT2D eigenvalue weighted by molar-refractivity contribution is 5.21. The van der Waals surface area contributed by atoms with Crippen LogP contribution in [0.1, 0.15) is 23.6 Å². The fourth-order valence-corrected chi connectivity index (χ4v) is 1.94. The third-order valence-electron chi connectivity index (χ3n) is 2.93. The van der Waals surface area contributed by atoms with E-state index in [2.05, 4.69) is 10.4 Å². The molecule has 0 bridgehead atoms. The summed E-state index contributed by atoms with van der Waals surface area (Å²) in [7, 11) is 0. The maximum Gasteiger partial charge on any atom is 0.128 e. The highest BCUT2D eigenvalue weighted by Gasteiger charge is 2.13. The van der Waals surface area contributed by atoms with Crippen molar-refractivity contribution in [3.63, 3.8) is 0 Å². The molecule has 0 amide bonds. The van der Waals surface area contributed by atoms with Gasteiger partial charge in [-0.2, -0.15) is 0 Å². The predicted octanol–water partition coefficient (Wildman–Crippen LogP) is 2.36. The van der Waals surface area contributed by atoms with Crippen LogP contribution < -0.4 is 11.3 Å². The number of aryl methyl sites for hydroxylation is 1. The zero-order valence-corrected chi connectivity index (χ0v) is 10.0. The average molecular weight is 245 g/mol. The van der Waals surface area contributed by atoms with Crippen LogP contribution in [0.3, 0.4) is 0 Å². The second-order valence-corrected chi connectivity index (χ2v) is 4.14. The van der Waals surface area contributed by atoms with E-state index >= 15 is 0 Å². The van der Waals surface area contributed by atoms with Gasteiger partial charge < -0.3 is 0 Å². The lowest BCUT2D eigenvalue weighted by Gasteiger charge is -2.16. The number of halogens is 1. The van der Waals surface area contributed by atoms with Gasteiger partial charge in [0.2, 0.25) is 0 Å². The Balaban J connectivity index is 2.04. The Bertz CT molecular complexity index is 487. The third kappa shape index (κ3) is 3.12. The summed E-state index contributed by atoms with van der Waals surface area (Å²) < 4.78 is 13.6. The zero-order valence-electron chi connectivity index (χ0n) is 10.0. The number of pyridine rings is 1. The molecule has 3 nitrogen and oxygen atoms in total. The number of benzene rings is 1. The van der Waals surface area contributed by atoms with Crippen molar-refractivity contribution in [1.82, 2.24) is 10.4 Å². The lowest BCUT2D eigenvalue weighted by Crippen LogP contribution is -2.29. The predicted molar refractivity (Wildman–Crippen MR) is 69.0 cm³/mol. The number of hydrogen-bond donors (Lipinski definition) is 2. The normalized spacial score (nSPS) is 12.3. The molecule has 0 saturated heterocycles. The first-order chi connectivity index (χ1) is 8.81. The van der Waals surface area contributed by atoms with Gasteiger partial charge >= 0.3 is 0 Å². The highest BCUT2D eigenvalue weighted by Crippen LogP contribution is 2.20. The Labute approximate surface area is 106 Å². The van der Waals surface area contributed by atoms with Crippen molar-refractivity contribution in [3.05, 3.63) is 65.7 Å². The molecule has 4 heteroatoms. The minimum atomic E-state index is -0.230. The van der Waals surface area contributed by atoms with Crippen LogP contribution in [0, 0.1) is 5.82 Å². The molecule has 0 spiro atoms. The number of nitrogens with two attached hydrogens (primary N) is 1. The minimum absolute atomic E-state index is 0.189. The first-order valence-corrected chi connectivity index (χ1v) is 5.90. The van der Waals surface area contributed by atoms with Crippen LogP contribution in [-0.2, 0) is 6.42 Å². The summed E-state index contributed by atoms with van der Waals surface area (Å²) in [6.07, 6.45) is 5.08. The van der Waals surface area contributed by atoms with Crippen molar-refractivity contribution < 1.29 is 4.39 Å². The Kier molecular flexibility index (Phi) is 4.39. The van der Waals surface area contributed by atoms with Crippen LogP contribution in [0.25, 0.3) is 0 Å². The first-order valence-electron chi connectivity index (χ1n) is 5.90. The quantitative estimate of drug-likeness (QED) is 0.628. The van der Waals surface area contributed by atoms with E-state index in [4.69, 9.17) is 5.84 Å². The Morgan fingerprint density at radius 1 is 1.22 bits per heavy atom. The number of nitrogens with zero attached hydrogens (tertiary/aromatic N) is 1. The van der Waals surface area contributed by atoms with Gasteiger partial charge in [0.25, 0.3) is 0 Å². The van der Waals surface area contributed by atoms with Gasteiger partial charge in [0.05, 0.1) is 0 Å². The van der Waals surface area contributed by atoms with E-state index in [0.29, 0.717) is 5.56 Å². The number of hydrogen-bond acceptors (Lipinski definition) is 3. The number of aromatic nitrogens is 1. The van der Waals surface area contributed by atoms with Crippen molar-refractivity contribution in [2.24, 2.45) is 5.84 Å². The number of nitrogens with one attached hydrogen (secondary N) is 1. The second kappa shape index (κ2) is 6.23. The molecule has 3 N–H and O–H groups in total. The van der Waals surface area contributed by atoms with Gasteiger partial charge in [0, 0.05) is 24.0 Å². The summed E-state index contributed by atoms with van der Waals surface area (Å²) >= 11 is 0. The van der Waals surface area contributed by atoms with Gasteiger partial charge in [0.15, 0.2) is 0 Å². The van der Waals surface area contributed by atoms with E-state index in [-0.39, 0.29) is 11.9 Å². The van der Waals surface area contributed by atoms with Gasteiger partial charge in [-0.1, -0.05) is 24.3 Å². The van der Waals surface area contributed by atoms with E-state index in [9.17, 15) is 4.39 Å². The molecule has 2 aromatic rings. The Hall–Kier alpha value is -1.78. The van der Waals surface area contributed by atoms with Crippen LogP contribution in [0.15, 0.2) is 48.8 Å². The fraction of sp³-hybridized carbons (Fsp3) is 0.214. The third-order valence-corrected chi connectivity index (χ3v) is 2.93. The molecule has 1 atom stereocenters. The molecule has 1 aromatic heterocycles. The largest absolute Gasteiger partial charge is 0.271 e. The van der Waals surface area contributed by atoms with Crippen molar-refractivity contribution in [1.29, 1.82) is 0 Å². The first kappa shape index (κ1) is 12.7. The maximum absolute atomic E-state index is 13.6.